The van der Waals surface area contributed by atoms with E-state index in [1.165, 1.54) is 11.1 Å². The molecule has 28 heavy (non-hydrogen) atoms. The standard InChI is InChI=1S/C22H30N4O.HI/c1-22(2,3)19-10-8-16(9-11-19)12-13-25-21(24-4)26-15-17-6-5-7-18(14-17)20(23)27;/h5-11,14H,12-13,15H2,1-4H3,(H2,23,27)(H2,24,25,26);1H. The van der Waals surface area contributed by atoms with Gasteiger partial charge in [0.2, 0.25) is 5.91 Å². The Kier molecular flexibility index (Phi) is 9.45. The Balaban J connectivity index is 0.00000392. The third kappa shape index (κ3) is 7.50. The summed E-state index contributed by atoms with van der Waals surface area (Å²) in [5, 5.41) is 6.57. The van der Waals surface area contributed by atoms with Crippen LogP contribution in [0.3, 0.4) is 0 Å². The number of amides is 1. The normalized spacial score (nSPS) is 11.5. The van der Waals surface area contributed by atoms with Crippen LogP contribution in [-0.2, 0) is 18.4 Å². The highest BCUT2D eigenvalue weighted by Gasteiger charge is 2.12. The zero-order chi connectivity index (χ0) is 19.9. The van der Waals surface area contributed by atoms with E-state index in [2.05, 4.69) is 60.7 Å². The van der Waals surface area contributed by atoms with Crippen molar-refractivity contribution in [2.45, 2.75) is 39.2 Å². The second kappa shape index (κ2) is 11.0. The van der Waals surface area contributed by atoms with Crippen LogP contribution in [0, 0.1) is 0 Å². The van der Waals surface area contributed by atoms with E-state index in [1.807, 2.05) is 12.1 Å². The van der Waals surface area contributed by atoms with Crippen molar-refractivity contribution in [3.8, 4) is 0 Å². The summed E-state index contributed by atoms with van der Waals surface area (Å²) in [5.41, 5.74) is 9.62. The molecule has 0 aliphatic carbocycles. The lowest BCUT2D eigenvalue weighted by Crippen LogP contribution is -2.37. The Bertz CT molecular complexity index is 795. The van der Waals surface area contributed by atoms with Crippen molar-refractivity contribution in [3.05, 3.63) is 70.8 Å². The minimum Gasteiger partial charge on any atom is -0.366 e. The minimum atomic E-state index is -0.420. The van der Waals surface area contributed by atoms with Gasteiger partial charge in [0.05, 0.1) is 0 Å². The highest BCUT2D eigenvalue weighted by atomic mass is 127. The monoisotopic (exact) mass is 494 g/mol. The molecule has 152 valence electrons. The fraction of sp³-hybridized carbons (Fsp3) is 0.364. The van der Waals surface area contributed by atoms with Crippen molar-refractivity contribution in [3.63, 3.8) is 0 Å². The fourth-order valence-corrected chi connectivity index (χ4v) is 2.74. The van der Waals surface area contributed by atoms with E-state index in [1.54, 1.807) is 19.2 Å². The maximum atomic E-state index is 11.3. The smallest absolute Gasteiger partial charge is 0.248 e. The van der Waals surface area contributed by atoms with Crippen molar-refractivity contribution in [2.24, 2.45) is 10.7 Å². The van der Waals surface area contributed by atoms with Crippen molar-refractivity contribution in [2.75, 3.05) is 13.6 Å². The number of nitrogens with two attached hydrogens (primary N) is 1. The van der Waals surface area contributed by atoms with Crippen LogP contribution in [0.15, 0.2) is 53.5 Å². The number of hydrogen-bond acceptors (Lipinski definition) is 2. The van der Waals surface area contributed by atoms with Crippen molar-refractivity contribution in [1.29, 1.82) is 0 Å². The van der Waals surface area contributed by atoms with Crippen LogP contribution in [0.25, 0.3) is 0 Å². The Morgan fingerprint density at radius 2 is 1.71 bits per heavy atom. The first-order chi connectivity index (χ1) is 12.8. The molecule has 2 rings (SSSR count). The maximum Gasteiger partial charge on any atom is 0.248 e. The number of hydrogen-bond donors (Lipinski definition) is 3. The van der Waals surface area contributed by atoms with Crippen LogP contribution in [0.4, 0.5) is 0 Å². The molecule has 2 aromatic rings. The van der Waals surface area contributed by atoms with Gasteiger partial charge < -0.3 is 16.4 Å². The van der Waals surface area contributed by atoms with Gasteiger partial charge >= 0.3 is 0 Å². The summed E-state index contributed by atoms with van der Waals surface area (Å²) < 4.78 is 0. The summed E-state index contributed by atoms with van der Waals surface area (Å²) in [6.07, 6.45) is 0.919. The molecule has 1 amide bonds. The topological polar surface area (TPSA) is 79.5 Å². The van der Waals surface area contributed by atoms with Crippen LogP contribution in [0.5, 0.6) is 0 Å². The molecule has 0 saturated heterocycles. The molecule has 0 fully saturated rings. The molecule has 0 radical (unpaired) electrons. The summed E-state index contributed by atoms with van der Waals surface area (Å²) in [6, 6.07) is 16.1. The van der Waals surface area contributed by atoms with Gasteiger partial charge in [-0.3, -0.25) is 9.79 Å². The van der Waals surface area contributed by atoms with Gasteiger partial charge in [0.1, 0.15) is 0 Å². The van der Waals surface area contributed by atoms with Gasteiger partial charge in [-0.1, -0.05) is 57.2 Å². The molecule has 0 aliphatic heterocycles. The molecule has 0 aromatic heterocycles. The van der Waals surface area contributed by atoms with Crippen molar-refractivity contribution >= 4 is 35.8 Å². The molecule has 0 saturated carbocycles. The molecule has 2 aromatic carbocycles. The number of carbonyl (C=O) groups is 1. The average Bonchev–Trinajstić information content (AvgIpc) is 2.64. The zero-order valence-electron chi connectivity index (χ0n) is 17.1. The zero-order valence-corrected chi connectivity index (χ0v) is 19.4. The summed E-state index contributed by atoms with van der Waals surface area (Å²) in [7, 11) is 1.74. The minimum absolute atomic E-state index is 0. The van der Waals surface area contributed by atoms with E-state index < -0.39 is 5.91 Å². The van der Waals surface area contributed by atoms with Crippen molar-refractivity contribution in [1.82, 2.24) is 10.6 Å². The summed E-state index contributed by atoms with van der Waals surface area (Å²) in [6.45, 7) is 8.02. The van der Waals surface area contributed by atoms with Gasteiger partial charge in [-0.25, -0.2) is 0 Å². The lowest BCUT2D eigenvalue weighted by atomic mass is 9.86. The molecule has 0 unspecified atom stereocenters. The number of aliphatic imine (C=N–C) groups is 1. The van der Waals surface area contributed by atoms with E-state index in [0.29, 0.717) is 12.1 Å². The van der Waals surface area contributed by atoms with Crippen LogP contribution in [0.1, 0.15) is 47.8 Å². The largest absolute Gasteiger partial charge is 0.366 e. The van der Waals surface area contributed by atoms with Crippen LogP contribution < -0.4 is 16.4 Å². The number of nitrogens with one attached hydrogen (secondary N) is 2. The summed E-state index contributed by atoms with van der Waals surface area (Å²) in [4.78, 5) is 15.5. The molecule has 4 N–H and O–H groups in total. The van der Waals surface area contributed by atoms with Gasteiger partial charge in [0.25, 0.3) is 0 Å². The quantitative estimate of drug-likeness (QED) is 0.326. The van der Waals surface area contributed by atoms with Crippen LogP contribution >= 0.6 is 24.0 Å². The van der Waals surface area contributed by atoms with Crippen LogP contribution in [-0.4, -0.2) is 25.5 Å². The second-order valence-corrected chi connectivity index (χ2v) is 7.61. The number of nitrogens with zero attached hydrogens (tertiary/aromatic N) is 1. The number of guanidine groups is 1. The molecule has 6 heteroatoms. The Hall–Kier alpha value is -2.09. The number of rotatable bonds is 6. The fourth-order valence-electron chi connectivity index (χ4n) is 2.74. The van der Waals surface area contributed by atoms with E-state index in [9.17, 15) is 4.79 Å². The summed E-state index contributed by atoms with van der Waals surface area (Å²) in [5.74, 6) is 0.308. The lowest BCUT2D eigenvalue weighted by molar-refractivity contribution is 0.1000. The number of carbonyl (C=O) groups excluding carboxylic acids is 1. The third-order valence-electron chi connectivity index (χ3n) is 4.42. The van der Waals surface area contributed by atoms with E-state index in [-0.39, 0.29) is 29.4 Å². The molecular weight excluding hydrogens is 463 g/mol. The van der Waals surface area contributed by atoms with Crippen LogP contribution in [0.2, 0.25) is 0 Å². The first kappa shape index (κ1) is 23.9. The molecule has 0 atom stereocenters. The predicted octanol–water partition coefficient (Wildman–Crippen LogP) is 3.61. The molecule has 0 heterocycles. The van der Waals surface area contributed by atoms with Gasteiger partial charge in [0, 0.05) is 25.7 Å². The van der Waals surface area contributed by atoms with Gasteiger partial charge in [0.15, 0.2) is 5.96 Å². The number of halogens is 1. The molecule has 0 spiro atoms. The van der Waals surface area contributed by atoms with Crippen molar-refractivity contribution < 1.29 is 4.79 Å². The highest BCUT2D eigenvalue weighted by molar-refractivity contribution is 14.0. The molecular formula is C22H31IN4O. The van der Waals surface area contributed by atoms with Gasteiger partial charge in [-0.05, 0) is 40.7 Å². The maximum absolute atomic E-state index is 11.3. The molecule has 5 nitrogen and oxygen atoms in total. The van der Waals surface area contributed by atoms with E-state index >= 15 is 0 Å². The SMILES string of the molecule is CN=C(NCCc1ccc(C(C)(C)C)cc1)NCc1cccc(C(N)=O)c1.I. The number of primary amides is 1. The first-order valence-corrected chi connectivity index (χ1v) is 9.22. The highest BCUT2D eigenvalue weighted by Crippen LogP contribution is 2.22. The number of benzene rings is 2. The molecule has 0 bridgehead atoms. The van der Waals surface area contributed by atoms with E-state index in [0.717, 1.165) is 24.5 Å². The third-order valence-corrected chi connectivity index (χ3v) is 4.42. The van der Waals surface area contributed by atoms with Gasteiger partial charge in [-0.2, -0.15) is 0 Å². The lowest BCUT2D eigenvalue weighted by Gasteiger charge is -2.19. The second-order valence-electron chi connectivity index (χ2n) is 7.61. The Morgan fingerprint density at radius 3 is 2.29 bits per heavy atom. The average molecular weight is 494 g/mol. The Labute approximate surface area is 185 Å². The predicted molar refractivity (Wildman–Crippen MR) is 127 cm³/mol. The molecule has 0 aliphatic rings. The summed E-state index contributed by atoms with van der Waals surface area (Å²) >= 11 is 0. The van der Waals surface area contributed by atoms with E-state index in [4.69, 9.17) is 5.73 Å². The van der Waals surface area contributed by atoms with Gasteiger partial charge in [-0.15, -0.1) is 24.0 Å². The first-order valence-electron chi connectivity index (χ1n) is 9.22. The Morgan fingerprint density at radius 1 is 1.04 bits per heavy atom.